The molecule has 0 aromatic carbocycles. The van der Waals surface area contributed by atoms with Crippen molar-refractivity contribution in [1.29, 1.82) is 0 Å². The van der Waals surface area contributed by atoms with Gasteiger partial charge in [0.15, 0.2) is 0 Å². The van der Waals surface area contributed by atoms with Crippen LogP contribution in [0.15, 0.2) is 0 Å². The number of nitrogens with one attached hydrogen (secondary N) is 2. The molecule has 0 spiro atoms. The van der Waals surface area contributed by atoms with Gasteiger partial charge < -0.3 is 10.2 Å². The maximum absolute atomic E-state index is 11.2. The predicted molar refractivity (Wildman–Crippen MR) is 45.7 cm³/mol. The van der Waals surface area contributed by atoms with Gasteiger partial charge in [-0.3, -0.25) is 5.32 Å². The van der Waals surface area contributed by atoms with Crippen molar-refractivity contribution in [2.45, 2.75) is 25.4 Å². The zero-order chi connectivity index (χ0) is 8.39. The van der Waals surface area contributed by atoms with Gasteiger partial charge in [-0.1, -0.05) is 0 Å². The highest BCUT2D eigenvalue weighted by Gasteiger charge is 2.28. The maximum Gasteiger partial charge on any atom is 0.318 e. The number of piperidine rings is 1. The fourth-order valence-electron chi connectivity index (χ4n) is 1.88. The van der Waals surface area contributed by atoms with Crippen LogP contribution in [0.3, 0.4) is 0 Å². The van der Waals surface area contributed by atoms with Gasteiger partial charge in [-0.2, -0.15) is 0 Å². The van der Waals surface area contributed by atoms with E-state index in [1.165, 1.54) is 12.8 Å². The molecule has 1 atom stereocenters. The summed E-state index contributed by atoms with van der Waals surface area (Å²) in [4.78, 5) is 13.2. The van der Waals surface area contributed by atoms with E-state index < -0.39 is 0 Å². The topological polar surface area (TPSA) is 44.4 Å². The van der Waals surface area contributed by atoms with E-state index in [1.807, 2.05) is 4.90 Å². The Morgan fingerprint density at radius 3 is 2.83 bits per heavy atom. The minimum absolute atomic E-state index is 0.0920. The third-order valence-corrected chi connectivity index (χ3v) is 2.55. The number of amides is 2. The van der Waals surface area contributed by atoms with Crippen molar-refractivity contribution < 1.29 is 4.79 Å². The van der Waals surface area contributed by atoms with E-state index in [-0.39, 0.29) is 6.03 Å². The summed E-state index contributed by atoms with van der Waals surface area (Å²) in [6, 6.07) is 0.0920. The molecule has 0 bridgehead atoms. The zero-order valence-electron chi connectivity index (χ0n) is 7.18. The Balaban J connectivity index is 1.93. The first-order valence-electron chi connectivity index (χ1n) is 4.66. The molecule has 12 heavy (non-hydrogen) atoms. The first-order valence-corrected chi connectivity index (χ1v) is 4.66. The van der Waals surface area contributed by atoms with Crippen LogP contribution in [0.5, 0.6) is 0 Å². The normalized spacial score (nSPS) is 30.5. The molecule has 2 rings (SSSR count). The average Bonchev–Trinajstić information content (AvgIpc) is 2.53. The average molecular weight is 169 g/mol. The molecule has 2 aliphatic rings. The van der Waals surface area contributed by atoms with Crippen molar-refractivity contribution in [3.05, 3.63) is 0 Å². The fourth-order valence-corrected chi connectivity index (χ4v) is 1.88. The quantitative estimate of drug-likeness (QED) is 0.585. The Bertz CT molecular complexity index is 177. The smallest absolute Gasteiger partial charge is 0.318 e. The molecule has 4 heteroatoms. The third kappa shape index (κ3) is 1.39. The number of rotatable bonds is 1. The fraction of sp³-hybridized carbons (Fsp3) is 0.875. The van der Waals surface area contributed by atoms with Crippen LogP contribution in [0.1, 0.15) is 19.3 Å². The number of hydrogen-bond donors (Lipinski definition) is 2. The van der Waals surface area contributed by atoms with Gasteiger partial charge in [0.05, 0.1) is 6.17 Å². The lowest BCUT2D eigenvalue weighted by atomic mass is 10.1. The molecule has 2 fully saturated rings. The van der Waals surface area contributed by atoms with Crippen LogP contribution in [0.4, 0.5) is 4.79 Å². The van der Waals surface area contributed by atoms with Gasteiger partial charge in [0, 0.05) is 13.1 Å². The Labute approximate surface area is 72.3 Å². The van der Waals surface area contributed by atoms with Crippen molar-refractivity contribution in [1.82, 2.24) is 15.5 Å². The molecule has 0 aromatic heterocycles. The minimum Gasteiger partial charge on any atom is -0.336 e. The molecular formula is C8H15N3O. The van der Waals surface area contributed by atoms with Gasteiger partial charge in [0.1, 0.15) is 0 Å². The number of hydrogen-bond acceptors (Lipinski definition) is 2. The van der Waals surface area contributed by atoms with Crippen LogP contribution in [-0.4, -0.2) is 36.7 Å². The lowest BCUT2D eigenvalue weighted by Gasteiger charge is -2.30. The summed E-state index contributed by atoms with van der Waals surface area (Å²) in [7, 11) is 0. The van der Waals surface area contributed by atoms with E-state index in [1.54, 1.807) is 0 Å². The number of urea groups is 1. The third-order valence-electron chi connectivity index (χ3n) is 2.55. The van der Waals surface area contributed by atoms with E-state index >= 15 is 0 Å². The summed E-state index contributed by atoms with van der Waals surface area (Å²) in [6.07, 6.45) is 3.88. The van der Waals surface area contributed by atoms with Gasteiger partial charge in [0.2, 0.25) is 0 Å². The Morgan fingerprint density at radius 2 is 2.25 bits per heavy atom. The second-order valence-electron chi connectivity index (χ2n) is 3.39. The van der Waals surface area contributed by atoms with Crippen molar-refractivity contribution in [2.75, 3.05) is 19.6 Å². The molecule has 4 nitrogen and oxygen atoms in total. The molecule has 2 heterocycles. The van der Waals surface area contributed by atoms with Crippen LogP contribution in [-0.2, 0) is 0 Å². The summed E-state index contributed by atoms with van der Waals surface area (Å²) in [5, 5.41) is 6.17. The molecule has 2 aliphatic heterocycles. The van der Waals surface area contributed by atoms with Gasteiger partial charge in [-0.25, -0.2) is 4.79 Å². The number of nitrogens with zero attached hydrogens (tertiary/aromatic N) is 1. The van der Waals surface area contributed by atoms with Gasteiger partial charge in [-0.05, 0) is 25.8 Å². The van der Waals surface area contributed by atoms with Crippen LogP contribution in [0, 0.1) is 0 Å². The Kier molecular flexibility index (Phi) is 2.17. The minimum atomic E-state index is 0.0920. The summed E-state index contributed by atoms with van der Waals surface area (Å²) in [5.74, 6) is 0. The van der Waals surface area contributed by atoms with Crippen LogP contribution >= 0.6 is 0 Å². The molecule has 68 valence electrons. The maximum atomic E-state index is 11.2. The summed E-state index contributed by atoms with van der Waals surface area (Å²) < 4.78 is 0. The first-order chi connectivity index (χ1) is 5.88. The van der Waals surface area contributed by atoms with E-state index in [0.29, 0.717) is 6.17 Å². The highest BCUT2D eigenvalue weighted by molar-refractivity contribution is 5.76. The highest BCUT2D eigenvalue weighted by atomic mass is 16.2. The Morgan fingerprint density at radius 1 is 1.33 bits per heavy atom. The van der Waals surface area contributed by atoms with Crippen molar-refractivity contribution >= 4 is 6.03 Å². The van der Waals surface area contributed by atoms with Gasteiger partial charge in [-0.15, -0.1) is 0 Å². The molecule has 2 saturated heterocycles. The summed E-state index contributed by atoms with van der Waals surface area (Å²) >= 11 is 0. The molecule has 1 unspecified atom stereocenters. The zero-order valence-corrected chi connectivity index (χ0v) is 7.18. The molecule has 0 saturated carbocycles. The van der Waals surface area contributed by atoms with E-state index in [0.717, 1.165) is 26.1 Å². The lowest BCUT2D eigenvalue weighted by Crippen LogP contribution is -2.49. The SMILES string of the molecule is O=C1NCCN1C1CCCCN1. The molecule has 2 N–H and O–H groups in total. The second kappa shape index (κ2) is 3.31. The molecule has 0 aliphatic carbocycles. The standard InChI is InChI=1S/C8H15N3O/c12-8-10-5-6-11(8)7-3-1-2-4-9-7/h7,9H,1-6H2,(H,10,12). The lowest BCUT2D eigenvalue weighted by molar-refractivity contribution is 0.168. The highest BCUT2D eigenvalue weighted by Crippen LogP contribution is 2.12. The number of carbonyl (C=O) groups excluding carboxylic acids is 1. The molecule has 2 amide bonds. The van der Waals surface area contributed by atoms with Crippen LogP contribution in [0.25, 0.3) is 0 Å². The monoisotopic (exact) mass is 169 g/mol. The van der Waals surface area contributed by atoms with Crippen LogP contribution < -0.4 is 10.6 Å². The molecule has 0 aromatic rings. The molecular weight excluding hydrogens is 154 g/mol. The van der Waals surface area contributed by atoms with E-state index in [2.05, 4.69) is 10.6 Å². The van der Waals surface area contributed by atoms with E-state index in [9.17, 15) is 4.79 Å². The first kappa shape index (κ1) is 7.86. The predicted octanol–water partition coefficient (Wildman–Crippen LogP) is 0.111. The number of carbonyl (C=O) groups is 1. The summed E-state index contributed by atoms with van der Waals surface area (Å²) in [6.45, 7) is 2.71. The van der Waals surface area contributed by atoms with Crippen LogP contribution in [0.2, 0.25) is 0 Å². The largest absolute Gasteiger partial charge is 0.336 e. The Hall–Kier alpha value is -0.770. The van der Waals surface area contributed by atoms with E-state index in [4.69, 9.17) is 0 Å². The van der Waals surface area contributed by atoms with Crippen molar-refractivity contribution in [3.63, 3.8) is 0 Å². The van der Waals surface area contributed by atoms with Gasteiger partial charge in [0.25, 0.3) is 0 Å². The summed E-state index contributed by atoms with van der Waals surface area (Å²) in [5.41, 5.74) is 0. The van der Waals surface area contributed by atoms with Gasteiger partial charge >= 0.3 is 6.03 Å². The van der Waals surface area contributed by atoms with Crippen molar-refractivity contribution in [2.24, 2.45) is 0 Å². The second-order valence-corrected chi connectivity index (χ2v) is 3.39. The van der Waals surface area contributed by atoms with Crippen molar-refractivity contribution in [3.8, 4) is 0 Å². The molecule has 0 radical (unpaired) electrons.